The Morgan fingerprint density at radius 2 is 1.42 bits per heavy atom. The lowest BCUT2D eigenvalue weighted by molar-refractivity contribution is 0.0477. The second kappa shape index (κ2) is 9.45. The molecule has 0 aliphatic heterocycles. The highest BCUT2D eigenvalue weighted by Gasteiger charge is 2.24. The van der Waals surface area contributed by atoms with Crippen LogP contribution in [0.5, 0.6) is 0 Å². The van der Waals surface area contributed by atoms with E-state index in [1.54, 1.807) is 13.8 Å². The molecule has 0 atom stereocenters. The van der Waals surface area contributed by atoms with E-state index in [1.807, 2.05) is 6.07 Å². The molecule has 1 aromatic rings. The maximum atomic E-state index is 12.5. The first-order valence-corrected chi connectivity index (χ1v) is 9.17. The molecule has 0 heterocycles. The van der Waals surface area contributed by atoms with Crippen LogP contribution in [0.4, 0.5) is 0 Å². The van der Waals surface area contributed by atoms with E-state index < -0.39 is 11.9 Å². The molecular weight excluding hydrogens is 304 g/mol. The fourth-order valence-corrected chi connectivity index (χ4v) is 3.28. The van der Waals surface area contributed by atoms with E-state index in [2.05, 4.69) is 6.07 Å². The molecule has 2 rings (SSSR count). The zero-order chi connectivity index (χ0) is 17.4. The van der Waals surface area contributed by atoms with Crippen LogP contribution in [0.25, 0.3) is 0 Å². The van der Waals surface area contributed by atoms with Crippen molar-refractivity contribution in [2.45, 2.75) is 65.2 Å². The van der Waals surface area contributed by atoms with Crippen LogP contribution in [-0.2, 0) is 22.3 Å². The third-order valence-electron chi connectivity index (χ3n) is 4.42. The molecule has 0 saturated carbocycles. The van der Waals surface area contributed by atoms with Crippen LogP contribution in [-0.4, -0.2) is 25.2 Å². The Morgan fingerprint density at radius 3 is 2.08 bits per heavy atom. The third kappa shape index (κ3) is 4.83. The van der Waals surface area contributed by atoms with Crippen LogP contribution < -0.4 is 0 Å². The first kappa shape index (κ1) is 18.5. The monoisotopic (exact) mass is 332 g/mol. The number of carbonyl (C=O) groups is 2. The zero-order valence-electron chi connectivity index (χ0n) is 14.9. The molecule has 0 spiro atoms. The third-order valence-corrected chi connectivity index (χ3v) is 4.42. The number of hydrogen-bond donors (Lipinski definition) is 0. The number of carbonyl (C=O) groups excluding carboxylic acids is 2. The van der Waals surface area contributed by atoms with Crippen molar-refractivity contribution < 1.29 is 19.1 Å². The number of esters is 2. The Kier molecular flexibility index (Phi) is 7.29. The Hall–Kier alpha value is -1.84. The molecule has 132 valence electrons. The highest BCUT2D eigenvalue weighted by molar-refractivity contribution is 6.04. The van der Waals surface area contributed by atoms with Gasteiger partial charge in [-0.05, 0) is 56.7 Å². The summed E-state index contributed by atoms with van der Waals surface area (Å²) < 4.78 is 10.4. The molecule has 1 aliphatic carbocycles. The second-order valence-corrected chi connectivity index (χ2v) is 6.24. The molecule has 4 heteroatoms. The lowest BCUT2D eigenvalue weighted by Crippen LogP contribution is -2.17. The Morgan fingerprint density at radius 1 is 0.833 bits per heavy atom. The maximum Gasteiger partial charge on any atom is 0.339 e. The minimum atomic E-state index is -0.432. The molecule has 24 heavy (non-hydrogen) atoms. The largest absolute Gasteiger partial charge is 0.462 e. The zero-order valence-corrected chi connectivity index (χ0v) is 14.9. The van der Waals surface area contributed by atoms with Gasteiger partial charge >= 0.3 is 11.9 Å². The van der Waals surface area contributed by atoms with E-state index in [-0.39, 0.29) is 0 Å². The van der Waals surface area contributed by atoms with Gasteiger partial charge in [0.15, 0.2) is 0 Å². The summed E-state index contributed by atoms with van der Waals surface area (Å²) >= 11 is 0. The van der Waals surface area contributed by atoms with Crippen LogP contribution in [0.3, 0.4) is 0 Å². The van der Waals surface area contributed by atoms with Gasteiger partial charge in [-0.15, -0.1) is 0 Å². The minimum absolute atomic E-state index is 0.292. The van der Waals surface area contributed by atoms with Gasteiger partial charge in [0.05, 0.1) is 24.3 Å². The Bertz CT molecular complexity index is 577. The van der Waals surface area contributed by atoms with Gasteiger partial charge in [-0.1, -0.05) is 31.7 Å². The molecule has 1 aromatic carbocycles. The lowest BCUT2D eigenvalue weighted by Gasteiger charge is -2.15. The summed E-state index contributed by atoms with van der Waals surface area (Å²) in [7, 11) is 0. The topological polar surface area (TPSA) is 52.6 Å². The van der Waals surface area contributed by atoms with Gasteiger partial charge in [0, 0.05) is 0 Å². The van der Waals surface area contributed by atoms with Gasteiger partial charge < -0.3 is 9.47 Å². The molecule has 0 unspecified atom stereocenters. The molecule has 0 aromatic heterocycles. The quantitative estimate of drug-likeness (QED) is 0.763. The van der Waals surface area contributed by atoms with E-state index in [4.69, 9.17) is 9.47 Å². The number of benzene rings is 1. The predicted molar refractivity (Wildman–Crippen MR) is 93.5 cm³/mol. The van der Waals surface area contributed by atoms with Crippen LogP contribution in [0.15, 0.2) is 12.1 Å². The molecule has 0 N–H and O–H groups in total. The summed E-state index contributed by atoms with van der Waals surface area (Å²) in [5.74, 6) is -0.851. The van der Waals surface area contributed by atoms with Crippen molar-refractivity contribution in [1.82, 2.24) is 0 Å². The SMILES string of the molecule is CCOC(=O)c1cc2cc(c1C(=O)OCC)CCCCCCCC2. The highest BCUT2D eigenvalue weighted by atomic mass is 16.5. The molecule has 2 bridgehead atoms. The van der Waals surface area contributed by atoms with Crippen LogP contribution >= 0.6 is 0 Å². The number of hydrogen-bond acceptors (Lipinski definition) is 4. The summed E-state index contributed by atoms with van der Waals surface area (Å²) in [6.45, 7) is 4.14. The van der Waals surface area contributed by atoms with Crippen LogP contribution in [0.1, 0.15) is 84.2 Å². The van der Waals surface area contributed by atoms with Gasteiger partial charge in [-0.25, -0.2) is 9.59 Å². The highest BCUT2D eigenvalue weighted by Crippen LogP contribution is 2.25. The van der Waals surface area contributed by atoms with Crippen molar-refractivity contribution in [3.05, 3.63) is 34.4 Å². The fourth-order valence-electron chi connectivity index (χ4n) is 3.28. The van der Waals surface area contributed by atoms with Crippen molar-refractivity contribution >= 4 is 11.9 Å². The smallest absolute Gasteiger partial charge is 0.339 e. The first-order valence-electron chi connectivity index (χ1n) is 9.17. The molecular formula is C20H28O4. The van der Waals surface area contributed by atoms with E-state index >= 15 is 0 Å². The molecule has 1 aliphatic rings. The van der Waals surface area contributed by atoms with E-state index in [9.17, 15) is 9.59 Å². The minimum Gasteiger partial charge on any atom is -0.462 e. The van der Waals surface area contributed by atoms with Crippen molar-refractivity contribution in [3.8, 4) is 0 Å². The summed E-state index contributed by atoms with van der Waals surface area (Å²) in [4.78, 5) is 24.9. The number of fused-ring (bicyclic) bond motifs is 2. The van der Waals surface area contributed by atoms with Gasteiger partial charge in [0.1, 0.15) is 0 Å². The average Bonchev–Trinajstić information content (AvgIpc) is 2.60. The first-order chi connectivity index (χ1) is 11.7. The average molecular weight is 332 g/mol. The summed E-state index contributed by atoms with van der Waals surface area (Å²) in [5, 5.41) is 0. The Balaban J connectivity index is 2.48. The summed E-state index contributed by atoms with van der Waals surface area (Å²) in [6.07, 6.45) is 8.72. The van der Waals surface area contributed by atoms with E-state index in [0.29, 0.717) is 24.3 Å². The van der Waals surface area contributed by atoms with Gasteiger partial charge in [0.2, 0.25) is 0 Å². The van der Waals surface area contributed by atoms with E-state index in [0.717, 1.165) is 43.2 Å². The van der Waals surface area contributed by atoms with Gasteiger partial charge in [-0.2, -0.15) is 0 Å². The van der Waals surface area contributed by atoms with Crippen molar-refractivity contribution in [2.24, 2.45) is 0 Å². The number of aryl methyl sites for hydroxylation is 2. The number of rotatable bonds is 4. The normalized spacial score (nSPS) is 15.2. The van der Waals surface area contributed by atoms with E-state index in [1.165, 1.54) is 19.3 Å². The van der Waals surface area contributed by atoms with Crippen molar-refractivity contribution in [1.29, 1.82) is 0 Å². The number of ether oxygens (including phenoxy) is 2. The summed E-state index contributed by atoms with van der Waals surface area (Å²) in [6, 6.07) is 3.91. The fraction of sp³-hybridized carbons (Fsp3) is 0.600. The Labute approximate surface area is 144 Å². The van der Waals surface area contributed by atoms with Crippen LogP contribution in [0.2, 0.25) is 0 Å². The standard InChI is InChI=1S/C20H28O4/c1-3-23-19(21)17-14-15-11-9-7-5-6-8-10-12-16(13-15)18(17)20(22)24-4-2/h13-14H,3-12H2,1-2H3. The molecule has 0 fully saturated rings. The molecule has 0 radical (unpaired) electrons. The van der Waals surface area contributed by atoms with Gasteiger partial charge in [-0.3, -0.25) is 0 Å². The van der Waals surface area contributed by atoms with Crippen LogP contribution in [0, 0.1) is 0 Å². The van der Waals surface area contributed by atoms with Crippen molar-refractivity contribution in [3.63, 3.8) is 0 Å². The molecule has 0 saturated heterocycles. The maximum absolute atomic E-state index is 12.5. The van der Waals surface area contributed by atoms with Gasteiger partial charge in [0.25, 0.3) is 0 Å². The molecule has 4 nitrogen and oxygen atoms in total. The predicted octanol–water partition coefficient (Wildman–Crippen LogP) is 4.48. The summed E-state index contributed by atoms with van der Waals surface area (Å²) in [5.41, 5.74) is 2.80. The van der Waals surface area contributed by atoms with Crippen molar-refractivity contribution in [2.75, 3.05) is 13.2 Å². The molecule has 0 amide bonds. The second-order valence-electron chi connectivity index (χ2n) is 6.24. The lowest BCUT2D eigenvalue weighted by atomic mass is 9.92.